The highest BCUT2D eigenvalue weighted by atomic mass is 16.7. The van der Waals surface area contributed by atoms with E-state index in [4.69, 9.17) is 13.9 Å². The van der Waals surface area contributed by atoms with E-state index in [9.17, 15) is 4.79 Å². The van der Waals surface area contributed by atoms with Gasteiger partial charge in [-0.1, -0.05) is 19.4 Å². The molecule has 0 fully saturated rings. The van der Waals surface area contributed by atoms with Gasteiger partial charge in [-0.3, -0.25) is 4.79 Å². The highest BCUT2D eigenvalue weighted by Crippen LogP contribution is 2.33. The predicted octanol–water partition coefficient (Wildman–Crippen LogP) is 4.04. The molecule has 1 amide bonds. The van der Waals surface area contributed by atoms with Gasteiger partial charge in [0.1, 0.15) is 11.5 Å². The molecule has 5 nitrogen and oxygen atoms in total. The van der Waals surface area contributed by atoms with Gasteiger partial charge in [0.2, 0.25) is 12.7 Å². The molecule has 2 aromatic rings. The van der Waals surface area contributed by atoms with E-state index in [2.05, 4.69) is 6.92 Å². The first kappa shape index (κ1) is 16.4. The Morgan fingerprint density at radius 3 is 2.71 bits per heavy atom. The first-order valence-electron chi connectivity index (χ1n) is 8.37. The van der Waals surface area contributed by atoms with E-state index in [-0.39, 0.29) is 12.7 Å². The first-order chi connectivity index (χ1) is 11.7. The molecule has 0 atom stereocenters. The van der Waals surface area contributed by atoms with Crippen molar-refractivity contribution in [2.45, 2.75) is 46.2 Å². The second kappa shape index (κ2) is 7.43. The van der Waals surface area contributed by atoms with Crippen LogP contribution >= 0.6 is 0 Å². The molecule has 2 heterocycles. The van der Waals surface area contributed by atoms with Crippen LogP contribution in [0.15, 0.2) is 34.7 Å². The molecule has 128 valence electrons. The molecule has 0 aliphatic carbocycles. The Morgan fingerprint density at radius 1 is 1.12 bits per heavy atom. The number of fused-ring (bicyclic) bond motifs is 1. The molecule has 24 heavy (non-hydrogen) atoms. The molecule has 0 spiro atoms. The van der Waals surface area contributed by atoms with Crippen molar-refractivity contribution in [3.63, 3.8) is 0 Å². The molecule has 0 radical (unpaired) electrons. The molecular formula is C19H23NO4. The average Bonchev–Trinajstić information content (AvgIpc) is 3.20. The summed E-state index contributed by atoms with van der Waals surface area (Å²) in [6.45, 7) is 5.25. The molecular weight excluding hydrogens is 306 g/mol. The number of hydrogen-bond acceptors (Lipinski definition) is 4. The number of carbonyl (C=O) groups excluding carboxylic acids is 1. The summed E-state index contributed by atoms with van der Waals surface area (Å²) in [7, 11) is 0. The van der Waals surface area contributed by atoms with E-state index in [1.165, 1.54) is 0 Å². The summed E-state index contributed by atoms with van der Waals surface area (Å²) >= 11 is 0. The number of amides is 1. The lowest BCUT2D eigenvalue weighted by molar-refractivity contribution is -0.132. The van der Waals surface area contributed by atoms with Crippen molar-refractivity contribution in [3.05, 3.63) is 47.4 Å². The lowest BCUT2D eigenvalue weighted by Crippen LogP contribution is -2.29. The molecule has 1 aliphatic heterocycles. The number of ether oxygens (including phenoxy) is 2. The molecule has 3 rings (SSSR count). The van der Waals surface area contributed by atoms with Crippen molar-refractivity contribution in [1.29, 1.82) is 0 Å². The van der Waals surface area contributed by atoms with E-state index >= 15 is 0 Å². The molecule has 0 saturated heterocycles. The average molecular weight is 329 g/mol. The van der Waals surface area contributed by atoms with Gasteiger partial charge in [0.15, 0.2) is 11.5 Å². The number of hydrogen-bond donors (Lipinski definition) is 0. The zero-order valence-corrected chi connectivity index (χ0v) is 14.2. The maximum atomic E-state index is 12.6. The van der Waals surface area contributed by atoms with Gasteiger partial charge < -0.3 is 18.8 Å². The first-order valence-corrected chi connectivity index (χ1v) is 8.37. The Hall–Kier alpha value is -2.43. The van der Waals surface area contributed by atoms with E-state index in [1.54, 1.807) is 0 Å². The molecule has 1 aromatic heterocycles. The van der Waals surface area contributed by atoms with Gasteiger partial charge in [0.25, 0.3) is 0 Å². The second-order valence-electron chi connectivity index (χ2n) is 6.05. The van der Waals surface area contributed by atoms with Crippen molar-refractivity contribution in [2.75, 3.05) is 6.79 Å². The number of furan rings is 1. The third kappa shape index (κ3) is 3.91. The number of aryl methyl sites for hydroxylation is 1. The summed E-state index contributed by atoms with van der Waals surface area (Å²) in [4.78, 5) is 14.4. The van der Waals surface area contributed by atoms with Crippen LogP contribution in [0.1, 0.15) is 43.3 Å². The SMILES string of the molecule is CCCCC(=O)N(Cc1ccc2c(c1)OCO2)Cc1ccc(C)o1. The Bertz CT molecular complexity index is 707. The topological polar surface area (TPSA) is 51.9 Å². The zero-order valence-electron chi connectivity index (χ0n) is 14.2. The Morgan fingerprint density at radius 2 is 1.96 bits per heavy atom. The van der Waals surface area contributed by atoms with Crippen molar-refractivity contribution in [3.8, 4) is 11.5 Å². The van der Waals surface area contributed by atoms with Gasteiger partial charge in [0, 0.05) is 13.0 Å². The highest BCUT2D eigenvalue weighted by molar-refractivity contribution is 5.76. The van der Waals surface area contributed by atoms with Crippen molar-refractivity contribution in [1.82, 2.24) is 4.90 Å². The lowest BCUT2D eigenvalue weighted by Gasteiger charge is -2.22. The van der Waals surface area contributed by atoms with Gasteiger partial charge >= 0.3 is 0 Å². The van der Waals surface area contributed by atoms with Crippen LogP contribution in [0.4, 0.5) is 0 Å². The number of rotatable bonds is 7. The third-order valence-corrected chi connectivity index (χ3v) is 4.05. The van der Waals surface area contributed by atoms with Gasteiger partial charge in [-0.25, -0.2) is 0 Å². The van der Waals surface area contributed by atoms with Crippen LogP contribution < -0.4 is 9.47 Å². The van der Waals surface area contributed by atoms with E-state index in [0.717, 1.165) is 41.4 Å². The summed E-state index contributed by atoms with van der Waals surface area (Å²) in [5.41, 5.74) is 1.02. The predicted molar refractivity (Wildman–Crippen MR) is 89.8 cm³/mol. The monoisotopic (exact) mass is 329 g/mol. The Labute approximate surface area is 142 Å². The molecule has 0 bridgehead atoms. The molecule has 5 heteroatoms. The number of unbranched alkanes of at least 4 members (excludes halogenated alkanes) is 1. The largest absolute Gasteiger partial charge is 0.464 e. The summed E-state index contributed by atoms with van der Waals surface area (Å²) < 4.78 is 16.4. The normalized spacial score (nSPS) is 12.4. The van der Waals surface area contributed by atoms with Gasteiger partial charge in [-0.15, -0.1) is 0 Å². The Balaban J connectivity index is 1.74. The highest BCUT2D eigenvalue weighted by Gasteiger charge is 2.18. The van der Waals surface area contributed by atoms with Gasteiger partial charge in [0.05, 0.1) is 6.54 Å². The summed E-state index contributed by atoms with van der Waals surface area (Å²) in [5.74, 6) is 3.29. The smallest absolute Gasteiger partial charge is 0.231 e. The van der Waals surface area contributed by atoms with Crippen LogP contribution in [-0.2, 0) is 17.9 Å². The zero-order chi connectivity index (χ0) is 16.9. The molecule has 0 N–H and O–H groups in total. The maximum Gasteiger partial charge on any atom is 0.231 e. The maximum absolute atomic E-state index is 12.6. The molecule has 0 saturated carbocycles. The van der Waals surface area contributed by atoms with Crippen LogP contribution in [0, 0.1) is 6.92 Å². The van der Waals surface area contributed by atoms with Crippen molar-refractivity contribution in [2.24, 2.45) is 0 Å². The van der Waals surface area contributed by atoms with Crippen LogP contribution in [0.2, 0.25) is 0 Å². The number of nitrogens with zero attached hydrogens (tertiary/aromatic N) is 1. The fraction of sp³-hybridized carbons (Fsp3) is 0.421. The Kier molecular flexibility index (Phi) is 5.08. The van der Waals surface area contributed by atoms with Crippen molar-refractivity contribution < 1.29 is 18.7 Å². The van der Waals surface area contributed by atoms with E-state index < -0.39 is 0 Å². The standard InChI is InChI=1S/C19H23NO4/c1-3-4-5-19(21)20(12-16-8-6-14(2)24-16)11-15-7-9-17-18(10-15)23-13-22-17/h6-10H,3-5,11-13H2,1-2H3. The van der Waals surface area contributed by atoms with Gasteiger partial charge in [-0.2, -0.15) is 0 Å². The molecule has 0 unspecified atom stereocenters. The summed E-state index contributed by atoms with van der Waals surface area (Å²) in [6, 6.07) is 9.65. The minimum atomic E-state index is 0.142. The van der Waals surface area contributed by atoms with E-state index in [1.807, 2.05) is 42.2 Å². The van der Waals surface area contributed by atoms with Crippen molar-refractivity contribution >= 4 is 5.91 Å². The second-order valence-corrected chi connectivity index (χ2v) is 6.05. The van der Waals surface area contributed by atoms with Crippen LogP contribution in [0.5, 0.6) is 11.5 Å². The fourth-order valence-corrected chi connectivity index (χ4v) is 2.74. The van der Waals surface area contributed by atoms with Gasteiger partial charge in [-0.05, 0) is 43.2 Å². The third-order valence-electron chi connectivity index (χ3n) is 4.05. The summed E-state index contributed by atoms with van der Waals surface area (Å²) in [6.07, 6.45) is 2.46. The van der Waals surface area contributed by atoms with E-state index in [0.29, 0.717) is 19.5 Å². The van der Waals surface area contributed by atoms with Crippen LogP contribution in [0.25, 0.3) is 0 Å². The molecule has 1 aliphatic rings. The molecule has 1 aromatic carbocycles. The summed E-state index contributed by atoms with van der Waals surface area (Å²) in [5, 5.41) is 0. The minimum Gasteiger partial charge on any atom is -0.464 e. The number of carbonyl (C=O) groups is 1. The minimum absolute atomic E-state index is 0.142. The van der Waals surface area contributed by atoms with Crippen LogP contribution in [0.3, 0.4) is 0 Å². The quantitative estimate of drug-likeness (QED) is 0.769. The lowest BCUT2D eigenvalue weighted by atomic mass is 10.1. The fourth-order valence-electron chi connectivity index (χ4n) is 2.74. The number of benzene rings is 1. The van der Waals surface area contributed by atoms with Crippen LogP contribution in [-0.4, -0.2) is 17.6 Å².